The van der Waals surface area contributed by atoms with Crippen LogP contribution in [0.15, 0.2) is 18.2 Å². The van der Waals surface area contributed by atoms with E-state index in [0.29, 0.717) is 24.2 Å². The van der Waals surface area contributed by atoms with Gasteiger partial charge in [-0.15, -0.1) is 0 Å². The fourth-order valence-electron chi connectivity index (χ4n) is 3.49. The van der Waals surface area contributed by atoms with Crippen LogP contribution in [-0.4, -0.2) is 11.0 Å². The molecule has 0 saturated heterocycles. The van der Waals surface area contributed by atoms with Crippen LogP contribution in [0.25, 0.3) is 0 Å². The zero-order valence-electron chi connectivity index (χ0n) is 21.1. The van der Waals surface area contributed by atoms with Crippen molar-refractivity contribution in [3.05, 3.63) is 44.9 Å². The largest absolute Gasteiger partial charge is 0.504 e. The molecule has 0 radical (unpaired) electrons. The van der Waals surface area contributed by atoms with Crippen LogP contribution in [0.2, 0.25) is 10.0 Å². The van der Waals surface area contributed by atoms with Crippen molar-refractivity contribution in [3.8, 4) is 17.2 Å². The summed E-state index contributed by atoms with van der Waals surface area (Å²) in [6.07, 6.45) is 2.87. The Morgan fingerprint density at radius 3 is 2.18 bits per heavy atom. The average molecular weight is 495 g/mol. The second kappa shape index (κ2) is 10.6. The van der Waals surface area contributed by atoms with Crippen LogP contribution in [0.5, 0.6) is 17.2 Å². The van der Waals surface area contributed by atoms with Crippen LogP contribution in [0.3, 0.4) is 0 Å². The van der Waals surface area contributed by atoms with Crippen LogP contribution in [-0.2, 0) is 15.6 Å². The van der Waals surface area contributed by atoms with Gasteiger partial charge in [0.15, 0.2) is 11.5 Å². The lowest BCUT2D eigenvalue weighted by Gasteiger charge is -2.31. The van der Waals surface area contributed by atoms with Crippen molar-refractivity contribution in [2.75, 3.05) is 5.32 Å². The van der Waals surface area contributed by atoms with Gasteiger partial charge in [0.2, 0.25) is 5.91 Å². The van der Waals surface area contributed by atoms with E-state index in [4.69, 9.17) is 27.9 Å². The molecule has 0 unspecified atom stereocenters. The quantitative estimate of drug-likeness (QED) is 0.342. The molecule has 0 aliphatic rings. The van der Waals surface area contributed by atoms with Crippen molar-refractivity contribution >= 4 is 34.8 Å². The highest BCUT2D eigenvalue weighted by Gasteiger charge is 2.29. The number of amides is 1. The number of hydrogen-bond donors (Lipinski definition) is 2. The minimum absolute atomic E-state index is 0.0170. The Hall–Kier alpha value is -1.91. The number of carbonyl (C=O) groups is 1. The molecule has 0 heterocycles. The Kier molecular flexibility index (Phi) is 8.75. The first-order valence-corrected chi connectivity index (χ1v) is 12.4. The maximum absolute atomic E-state index is 12.4. The zero-order chi connectivity index (χ0) is 25.1. The van der Waals surface area contributed by atoms with E-state index in [-0.39, 0.29) is 44.0 Å². The molecule has 1 amide bonds. The van der Waals surface area contributed by atoms with E-state index in [0.717, 1.165) is 18.4 Å². The molecular formula is C27H37Cl2NO3. The minimum Gasteiger partial charge on any atom is -0.504 e. The van der Waals surface area contributed by atoms with Crippen molar-refractivity contribution in [2.45, 2.75) is 91.9 Å². The summed E-state index contributed by atoms with van der Waals surface area (Å²) >= 11 is 12.9. The summed E-state index contributed by atoms with van der Waals surface area (Å²) in [5.41, 5.74) is 2.69. The van der Waals surface area contributed by atoms with E-state index in [1.165, 1.54) is 5.56 Å². The molecule has 182 valence electrons. The molecule has 33 heavy (non-hydrogen) atoms. The van der Waals surface area contributed by atoms with E-state index >= 15 is 0 Å². The molecule has 0 fully saturated rings. The third-order valence-electron chi connectivity index (χ3n) is 6.74. The Balaban J connectivity index is 2.72. The molecule has 0 saturated carbocycles. The van der Waals surface area contributed by atoms with Crippen molar-refractivity contribution in [2.24, 2.45) is 0 Å². The molecule has 0 atom stereocenters. The first-order chi connectivity index (χ1) is 15.3. The molecule has 4 nitrogen and oxygen atoms in total. The summed E-state index contributed by atoms with van der Waals surface area (Å²) in [6.45, 7) is 16.7. The standard InChI is InChI=1S/C27H37Cl2NO3/c1-9-12-20(31)30-23-24(32)21(28)16(4)22(29)25(23)33-19-14-13-17(26(5,6)10-2)15-18(19)27(7,8)11-3/h13-15,32H,9-12H2,1-8H3,(H,30,31). The molecule has 0 spiro atoms. The summed E-state index contributed by atoms with van der Waals surface area (Å²) in [5.74, 6) is 0.323. The topological polar surface area (TPSA) is 58.6 Å². The number of rotatable bonds is 9. The second-order valence-corrected chi connectivity index (χ2v) is 10.6. The molecule has 6 heteroatoms. The van der Waals surface area contributed by atoms with Gasteiger partial charge in [-0.1, -0.05) is 83.8 Å². The average Bonchev–Trinajstić information content (AvgIpc) is 2.78. The lowest BCUT2D eigenvalue weighted by atomic mass is 9.76. The molecule has 0 aromatic heterocycles. The van der Waals surface area contributed by atoms with Crippen LogP contribution >= 0.6 is 23.2 Å². The lowest BCUT2D eigenvalue weighted by molar-refractivity contribution is -0.116. The molecule has 0 aliphatic carbocycles. The van der Waals surface area contributed by atoms with Crippen LogP contribution in [0.1, 0.15) is 90.8 Å². The third kappa shape index (κ3) is 5.78. The van der Waals surface area contributed by atoms with E-state index in [2.05, 4.69) is 59.0 Å². The van der Waals surface area contributed by atoms with Gasteiger partial charge in [0, 0.05) is 12.0 Å². The van der Waals surface area contributed by atoms with Gasteiger partial charge < -0.3 is 15.2 Å². The number of carbonyl (C=O) groups excluding carboxylic acids is 1. The van der Waals surface area contributed by atoms with Crippen molar-refractivity contribution in [1.29, 1.82) is 0 Å². The maximum Gasteiger partial charge on any atom is 0.224 e. The van der Waals surface area contributed by atoms with Crippen LogP contribution in [0, 0.1) is 6.92 Å². The molecule has 0 aliphatic heterocycles. The second-order valence-electron chi connectivity index (χ2n) is 9.89. The van der Waals surface area contributed by atoms with E-state index < -0.39 is 0 Å². The van der Waals surface area contributed by atoms with E-state index in [9.17, 15) is 9.90 Å². The number of phenols is 1. The number of ether oxygens (including phenoxy) is 1. The summed E-state index contributed by atoms with van der Waals surface area (Å²) < 4.78 is 6.39. The predicted molar refractivity (Wildman–Crippen MR) is 140 cm³/mol. The minimum atomic E-state index is -0.252. The molecule has 2 aromatic rings. The highest BCUT2D eigenvalue weighted by molar-refractivity contribution is 6.39. The van der Waals surface area contributed by atoms with E-state index in [1.807, 2.05) is 13.0 Å². The van der Waals surface area contributed by atoms with E-state index in [1.54, 1.807) is 6.92 Å². The summed E-state index contributed by atoms with van der Waals surface area (Å²) in [4.78, 5) is 12.4. The maximum atomic E-state index is 12.4. The highest BCUT2D eigenvalue weighted by atomic mass is 35.5. The van der Waals surface area contributed by atoms with Crippen molar-refractivity contribution in [1.82, 2.24) is 0 Å². The number of aromatic hydroxyl groups is 1. The normalized spacial score (nSPS) is 12.1. The van der Waals surface area contributed by atoms with Gasteiger partial charge in [-0.3, -0.25) is 4.79 Å². The molecule has 2 N–H and O–H groups in total. The summed E-state index contributed by atoms with van der Waals surface area (Å²) in [6, 6.07) is 6.22. The highest BCUT2D eigenvalue weighted by Crippen LogP contribution is 2.50. The fraction of sp³-hybridized carbons (Fsp3) is 0.519. The van der Waals surface area contributed by atoms with Gasteiger partial charge in [0.05, 0.1) is 10.0 Å². The molecule has 0 bridgehead atoms. The van der Waals surface area contributed by atoms with Crippen LogP contribution in [0.4, 0.5) is 5.69 Å². The number of hydrogen-bond acceptors (Lipinski definition) is 3. The molecule has 2 rings (SSSR count). The van der Waals surface area contributed by atoms with Crippen molar-refractivity contribution in [3.63, 3.8) is 0 Å². The van der Waals surface area contributed by atoms with Gasteiger partial charge >= 0.3 is 0 Å². The summed E-state index contributed by atoms with van der Waals surface area (Å²) in [5, 5.41) is 13.8. The number of phenolic OH excluding ortho intramolecular Hbond substituents is 1. The van der Waals surface area contributed by atoms with Crippen molar-refractivity contribution < 1.29 is 14.6 Å². The SMILES string of the molecule is CCCC(=O)Nc1c(O)c(Cl)c(C)c(Cl)c1Oc1ccc(C(C)(C)CC)cc1C(C)(C)CC. The fourth-order valence-corrected chi connectivity index (χ4v) is 3.95. The number of anilines is 1. The first-order valence-electron chi connectivity index (χ1n) is 11.6. The predicted octanol–water partition coefficient (Wildman–Crippen LogP) is 8.91. The molecular weight excluding hydrogens is 457 g/mol. The smallest absolute Gasteiger partial charge is 0.224 e. The zero-order valence-corrected chi connectivity index (χ0v) is 22.6. The summed E-state index contributed by atoms with van der Waals surface area (Å²) in [7, 11) is 0. The van der Waals surface area contributed by atoms with Gasteiger partial charge in [0.25, 0.3) is 0 Å². The van der Waals surface area contributed by atoms with Gasteiger partial charge in [-0.2, -0.15) is 0 Å². The Morgan fingerprint density at radius 1 is 1.03 bits per heavy atom. The Labute approximate surface area is 208 Å². The van der Waals surface area contributed by atoms with Crippen LogP contribution < -0.4 is 10.1 Å². The monoisotopic (exact) mass is 493 g/mol. The lowest BCUT2D eigenvalue weighted by Crippen LogP contribution is -2.21. The molecule has 2 aromatic carbocycles. The number of benzene rings is 2. The number of halogens is 2. The van der Waals surface area contributed by atoms with Gasteiger partial charge in [-0.25, -0.2) is 0 Å². The first kappa shape index (κ1) is 27.3. The third-order valence-corrected chi connectivity index (χ3v) is 7.66. The number of nitrogens with one attached hydrogen (secondary N) is 1. The van der Waals surface area contributed by atoms with Gasteiger partial charge in [0.1, 0.15) is 11.4 Å². The van der Waals surface area contributed by atoms with Gasteiger partial charge in [-0.05, 0) is 54.2 Å². The Morgan fingerprint density at radius 2 is 1.64 bits per heavy atom. The Bertz CT molecular complexity index is 1030.